The van der Waals surface area contributed by atoms with E-state index in [1.807, 2.05) is 0 Å². The summed E-state index contributed by atoms with van der Waals surface area (Å²) < 4.78 is 37.8. The lowest BCUT2D eigenvalue weighted by atomic mass is 9.91. The molecule has 3 fully saturated rings. The van der Waals surface area contributed by atoms with Gasteiger partial charge in [-0.2, -0.15) is 0 Å². The summed E-state index contributed by atoms with van der Waals surface area (Å²) in [6.45, 7) is 1.56. The number of pyridine rings is 1. The molecule has 1 aromatic rings. The number of carbonyl (C=O) groups excluding carboxylic acids is 2. The number of carbonyl (C=O) groups is 2. The van der Waals surface area contributed by atoms with Gasteiger partial charge in [-0.25, -0.2) is 13.8 Å². The molecule has 1 aliphatic carbocycles. The second kappa shape index (κ2) is 7.08. The molecule has 10 heteroatoms. The van der Waals surface area contributed by atoms with Gasteiger partial charge in [0.05, 0.1) is 25.8 Å². The summed E-state index contributed by atoms with van der Waals surface area (Å²) in [6, 6.07) is 2.98. The second-order valence-electron chi connectivity index (χ2n) is 8.04. The molecule has 2 aliphatic heterocycles. The molecular weight excluding hydrogens is 386 g/mol. The number of anilines is 1. The van der Waals surface area contributed by atoms with Crippen LogP contribution in [0.1, 0.15) is 36.7 Å². The third-order valence-corrected chi connectivity index (χ3v) is 5.75. The van der Waals surface area contributed by atoms with Crippen LogP contribution in [0.2, 0.25) is 0 Å². The Kier molecular flexibility index (Phi) is 4.84. The number of hydrogen-bond donors (Lipinski definition) is 2. The Hall–Kier alpha value is -2.49. The maximum atomic E-state index is 13.3. The molecule has 3 heterocycles. The average molecular weight is 410 g/mol. The Labute approximate surface area is 166 Å². The molecule has 2 unspecified atom stereocenters. The van der Waals surface area contributed by atoms with Crippen molar-refractivity contribution in [1.82, 2.24) is 10.3 Å². The van der Waals surface area contributed by atoms with E-state index in [9.17, 15) is 18.4 Å². The zero-order chi connectivity index (χ0) is 20.8. The fraction of sp³-hybridized carbons (Fsp3) is 0.632. The van der Waals surface area contributed by atoms with Crippen molar-refractivity contribution >= 4 is 17.5 Å². The van der Waals surface area contributed by atoms with Crippen LogP contribution in [-0.2, 0) is 9.53 Å². The maximum absolute atomic E-state index is 13.3. The Balaban J connectivity index is 1.55. The van der Waals surface area contributed by atoms with Gasteiger partial charge in [-0.05, 0) is 37.8 Å². The van der Waals surface area contributed by atoms with Crippen LogP contribution in [0.4, 0.5) is 14.5 Å². The summed E-state index contributed by atoms with van der Waals surface area (Å²) in [5.74, 6) is -3.45. The molecule has 0 aromatic carbocycles. The zero-order valence-electron chi connectivity index (χ0n) is 16.1. The van der Waals surface area contributed by atoms with Crippen molar-refractivity contribution in [3.05, 3.63) is 17.8 Å². The van der Waals surface area contributed by atoms with Crippen molar-refractivity contribution in [2.45, 2.75) is 43.8 Å². The first-order valence-electron chi connectivity index (χ1n) is 9.71. The Bertz CT molecular complexity index is 824. The van der Waals surface area contributed by atoms with E-state index in [-0.39, 0.29) is 18.0 Å². The van der Waals surface area contributed by atoms with Crippen LogP contribution in [0.3, 0.4) is 0 Å². The molecule has 2 atom stereocenters. The second-order valence-corrected chi connectivity index (χ2v) is 8.04. The lowest BCUT2D eigenvalue weighted by Gasteiger charge is -2.40. The smallest absolute Gasteiger partial charge is 0.282 e. The predicted octanol–water partition coefficient (Wildman–Crippen LogP) is 1.09. The van der Waals surface area contributed by atoms with Crippen molar-refractivity contribution in [3.63, 3.8) is 0 Å². The highest BCUT2D eigenvalue weighted by molar-refractivity contribution is 5.98. The van der Waals surface area contributed by atoms with Crippen LogP contribution in [0, 0.1) is 5.92 Å². The lowest BCUT2D eigenvalue weighted by molar-refractivity contribution is -0.125. The van der Waals surface area contributed by atoms with Crippen molar-refractivity contribution in [1.29, 1.82) is 0 Å². The number of ether oxygens (including phenoxy) is 2. The molecule has 3 aliphatic rings. The molecule has 2 saturated heterocycles. The highest BCUT2D eigenvalue weighted by Gasteiger charge is 2.49. The van der Waals surface area contributed by atoms with E-state index in [0.717, 1.165) is 12.8 Å². The van der Waals surface area contributed by atoms with Gasteiger partial charge in [-0.15, -0.1) is 0 Å². The van der Waals surface area contributed by atoms with Crippen LogP contribution >= 0.6 is 0 Å². The Morgan fingerprint density at radius 3 is 2.66 bits per heavy atom. The summed E-state index contributed by atoms with van der Waals surface area (Å²) in [5.41, 5.74) is 4.66. The molecule has 0 bridgehead atoms. The van der Waals surface area contributed by atoms with Gasteiger partial charge in [0.1, 0.15) is 16.9 Å². The maximum Gasteiger partial charge on any atom is 0.282 e. The number of amides is 2. The van der Waals surface area contributed by atoms with Gasteiger partial charge in [-0.1, -0.05) is 0 Å². The van der Waals surface area contributed by atoms with Crippen molar-refractivity contribution < 1.29 is 27.8 Å². The molecule has 1 saturated carbocycles. The van der Waals surface area contributed by atoms with Crippen LogP contribution in [0.15, 0.2) is 12.1 Å². The standard InChI is InChI=1S/C19H24F2N4O4/c1-11-19(17(22)27,6-7-28-11)24-15(26)13-4-5-14(25-9-18(20,21)10-25)16(23-13)29-8-12-2-3-12/h4-5,11-12H,2-3,6-10H2,1H3,(H2,22,27)(H,24,26). The molecular formula is C19H24F2N4O4. The third kappa shape index (κ3) is 3.85. The number of rotatable bonds is 7. The van der Waals surface area contributed by atoms with Crippen LogP contribution in [0.25, 0.3) is 0 Å². The minimum Gasteiger partial charge on any atom is -0.476 e. The largest absolute Gasteiger partial charge is 0.476 e. The van der Waals surface area contributed by atoms with E-state index in [0.29, 0.717) is 24.8 Å². The molecule has 4 rings (SSSR count). The number of nitrogens with zero attached hydrogens (tertiary/aromatic N) is 2. The SMILES string of the molecule is CC1OCCC1(NC(=O)c1ccc(N2CC(F)(F)C2)c(OCC2CC2)n1)C(N)=O. The number of alkyl halides is 2. The summed E-state index contributed by atoms with van der Waals surface area (Å²) in [7, 11) is 0. The number of nitrogens with one attached hydrogen (secondary N) is 1. The molecule has 0 spiro atoms. The number of nitrogens with two attached hydrogens (primary N) is 1. The first-order valence-corrected chi connectivity index (χ1v) is 9.71. The van der Waals surface area contributed by atoms with Gasteiger partial charge in [0.25, 0.3) is 11.8 Å². The minimum atomic E-state index is -2.74. The fourth-order valence-corrected chi connectivity index (χ4v) is 3.63. The minimum absolute atomic E-state index is 0.0200. The van der Waals surface area contributed by atoms with Gasteiger partial charge in [0.15, 0.2) is 0 Å². The topological polar surface area (TPSA) is 107 Å². The highest BCUT2D eigenvalue weighted by atomic mass is 19.3. The Morgan fingerprint density at radius 1 is 1.38 bits per heavy atom. The predicted molar refractivity (Wildman–Crippen MR) is 99.0 cm³/mol. The monoisotopic (exact) mass is 410 g/mol. The van der Waals surface area contributed by atoms with E-state index >= 15 is 0 Å². The summed E-state index contributed by atoms with van der Waals surface area (Å²) >= 11 is 0. The molecule has 2 amide bonds. The van der Waals surface area contributed by atoms with Gasteiger partial charge >= 0.3 is 0 Å². The van der Waals surface area contributed by atoms with E-state index < -0.39 is 42.5 Å². The fourth-order valence-electron chi connectivity index (χ4n) is 3.63. The molecule has 29 heavy (non-hydrogen) atoms. The summed E-state index contributed by atoms with van der Waals surface area (Å²) in [6.07, 6.45) is 1.80. The average Bonchev–Trinajstić information content (AvgIpc) is 3.40. The third-order valence-electron chi connectivity index (χ3n) is 5.75. The quantitative estimate of drug-likeness (QED) is 0.697. The van der Waals surface area contributed by atoms with Crippen molar-refractivity contribution in [3.8, 4) is 5.88 Å². The van der Waals surface area contributed by atoms with E-state index in [1.165, 1.54) is 11.0 Å². The van der Waals surface area contributed by atoms with Crippen molar-refractivity contribution in [2.24, 2.45) is 11.7 Å². The molecule has 1 aromatic heterocycles. The van der Waals surface area contributed by atoms with Crippen LogP contribution in [0.5, 0.6) is 5.88 Å². The summed E-state index contributed by atoms with van der Waals surface area (Å²) in [4.78, 5) is 30.5. The van der Waals surface area contributed by atoms with Crippen LogP contribution < -0.4 is 20.7 Å². The van der Waals surface area contributed by atoms with Crippen molar-refractivity contribution in [2.75, 3.05) is 31.2 Å². The number of primary amides is 1. The normalized spacial score (nSPS) is 28.0. The van der Waals surface area contributed by atoms with Gasteiger partial charge in [-0.3, -0.25) is 9.59 Å². The first kappa shape index (κ1) is 19.8. The lowest BCUT2D eigenvalue weighted by Crippen LogP contribution is -2.61. The number of hydrogen-bond acceptors (Lipinski definition) is 6. The highest BCUT2D eigenvalue weighted by Crippen LogP contribution is 2.38. The van der Waals surface area contributed by atoms with E-state index in [4.69, 9.17) is 15.2 Å². The Morgan fingerprint density at radius 2 is 2.10 bits per heavy atom. The molecule has 3 N–H and O–H groups in total. The summed E-state index contributed by atoms with van der Waals surface area (Å²) in [5, 5.41) is 2.66. The van der Waals surface area contributed by atoms with Gasteiger partial charge < -0.3 is 25.4 Å². The van der Waals surface area contributed by atoms with Gasteiger partial charge in [0, 0.05) is 13.0 Å². The van der Waals surface area contributed by atoms with Gasteiger partial charge in [0.2, 0.25) is 11.8 Å². The molecule has 8 nitrogen and oxygen atoms in total. The van der Waals surface area contributed by atoms with E-state index in [1.54, 1.807) is 13.0 Å². The molecule has 158 valence electrons. The van der Waals surface area contributed by atoms with Crippen LogP contribution in [-0.4, -0.2) is 60.7 Å². The first-order chi connectivity index (χ1) is 13.7. The van der Waals surface area contributed by atoms with E-state index in [2.05, 4.69) is 10.3 Å². The molecule has 0 radical (unpaired) electrons. The number of halogens is 2. The number of aromatic nitrogens is 1. The zero-order valence-corrected chi connectivity index (χ0v) is 16.1.